The maximum absolute atomic E-state index is 12.9. The van der Waals surface area contributed by atoms with Gasteiger partial charge in [-0.3, -0.25) is 9.59 Å². The number of carbonyl (C=O) groups is 2. The lowest BCUT2D eigenvalue weighted by Gasteiger charge is -2.11. The van der Waals surface area contributed by atoms with E-state index in [-0.39, 0.29) is 28.5 Å². The number of benzene rings is 2. The van der Waals surface area contributed by atoms with Crippen LogP contribution in [0.1, 0.15) is 33.2 Å². The molecule has 4 nitrogen and oxygen atoms in total. The van der Waals surface area contributed by atoms with Crippen LogP contribution in [0.2, 0.25) is 0 Å². The lowest BCUT2D eigenvalue weighted by atomic mass is 10.1. The van der Waals surface area contributed by atoms with Gasteiger partial charge in [0.1, 0.15) is 5.75 Å². The number of halogens is 3. The van der Waals surface area contributed by atoms with Gasteiger partial charge in [0.25, 0.3) is 5.91 Å². The van der Waals surface area contributed by atoms with E-state index in [2.05, 4.69) is 5.32 Å². The van der Waals surface area contributed by atoms with Gasteiger partial charge < -0.3 is 10.1 Å². The molecule has 2 aromatic carbocycles. The largest absolute Gasteiger partial charge is 0.454 e. The van der Waals surface area contributed by atoms with E-state index in [4.69, 9.17) is 4.74 Å². The van der Waals surface area contributed by atoms with E-state index in [1.807, 2.05) is 0 Å². The third-order valence-electron chi connectivity index (χ3n) is 4.29. The molecule has 1 amide bonds. The lowest BCUT2D eigenvalue weighted by Crippen LogP contribution is -2.12. The summed E-state index contributed by atoms with van der Waals surface area (Å²) in [5.74, 6) is -0.265. The topological polar surface area (TPSA) is 55.4 Å². The van der Waals surface area contributed by atoms with Crippen LogP contribution < -0.4 is 10.1 Å². The fourth-order valence-corrected chi connectivity index (χ4v) is 3.77. The molecule has 28 heavy (non-hydrogen) atoms. The standard InChI is InChI=1S/C20H12F3NO3S/c1-10(25)12-7-18(28-9-12)11-2-4-16-14(6-11)19(26)24-15-8-13(20(21,22)23)3-5-17(15)27-16/h2-9H,1H3,(H,24,26). The number of hydrogen-bond donors (Lipinski definition) is 1. The Labute approximate surface area is 161 Å². The molecule has 1 N–H and O–H groups in total. The molecule has 2 heterocycles. The van der Waals surface area contributed by atoms with Gasteiger partial charge >= 0.3 is 6.18 Å². The summed E-state index contributed by atoms with van der Waals surface area (Å²) < 4.78 is 44.5. The molecule has 3 aromatic rings. The Kier molecular flexibility index (Phi) is 4.23. The van der Waals surface area contributed by atoms with Crippen molar-refractivity contribution in [3.63, 3.8) is 0 Å². The number of nitrogens with one attached hydrogen (secondary N) is 1. The van der Waals surface area contributed by atoms with Crippen LogP contribution >= 0.6 is 11.3 Å². The van der Waals surface area contributed by atoms with Crippen molar-refractivity contribution >= 4 is 28.7 Å². The van der Waals surface area contributed by atoms with Crippen molar-refractivity contribution in [1.82, 2.24) is 0 Å². The molecular formula is C20H12F3NO3S. The minimum Gasteiger partial charge on any atom is -0.454 e. The van der Waals surface area contributed by atoms with Crippen LogP contribution in [0.15, 0.2) is 47.8 Å². The number of ether oxygens (including phenoxy) is 1. The summed E-state index contributed by atoms with van der Waals surface area (Å²) in [5.41, 5.74) is 0.546. The molecule has 0 saturated carbocycles. The van der Waals surface area contributed by atoms with Crippen LogP contribution in [0.4, 0.5) is 18.9 Å². The van der Waals surface area contributed by atoms with E-state index in [1.54, 1.807) is 29.6 Å². The number of alkyl halides is 3. The molecule has 0 atom stereocenters. The fourth-order valence-electron chi connectivity index (χ4n) is 2.82. The number of carbonyl (C=O) groups excluding carboxylic acids is 2. The number of rotatable bonds is 2. The summed E-state index contributed by atoms with van der Waals surface area (Å²) in [6.07, 6.45) is -4.53. The van der Waals surface area contributed by atoms with Gasteiger partial charge in [-0.15, -0.1) is 11.3 Å². The molecule has 0 bridgehead atoms. The Morgan fingerprint density at radius 3 is 2.50 bits per heavy atom. The number of anilines is 1. The van der Waals surface area contributed by atoms with E-state index >= 15 is 0 Å². The van der Waals surface area contributed by atoms with Gasteiger partial charge in [-0.1, -0.05) is 0 Å². The zero-order valence-electron chi connectivity index (χ0n) is 14.4. The van der Waals surface area contributed by atoms with Crippen LogP contribution in [0.3, 0.4) is 0 Å². The van der Waals surface area contributed by atoms with Crippen molar-refractivity contribution in [3.8, 4) is 21.9 Å². The summed E-state index contributed by atoms with van der Waals surface area (Å²) in [5, 5.41) is 4.21. The quantitative estimate of drug-likeness (QED) is 0.535. The highest BCUT2D eigenvalue weighted by Crippen LogP contribution is 2.41. The first-order valence-electron chi connectivity index (χ1n) is 8.17. The van der Waals surface area contributed by atoms with Crippen molar-refractivity contribution in [2.45, 2.75) is 13.1 Å². The third-order valence-corrected chi connectivity index (χ3v) is 5.27. The Morgan fingerprint density at radius 2 is 1.82 bits per heavy atom. The second-order valence-corrected chi connectivity index (χ2v) is 7.14. The predicted molar refractivity (Wildman–Crippen MR) is 99.2 cm³/mol. The lowest BCUT2D eigenvalue weighted by molar-refractivity contribution is -0.137. The number of thiophene rings is 1. The van der Waals surface area contributed by atoms with Crippen LogP contribution in [-0.4, -0.2) is 11.7 Å². The summed E-state index contributed by atoms with van der Waals surface area (Å²) in [7, 11) is 0. The summed E-state index contributed by atoms with van der Waals surface area (Å²) in [6, 6.07) is 9.57. The van der Waals surface area contributed by atoms with Crippen molar-refractivity contribution in [3.05, 3.63) is 64.5 Å². The number of amides is 1. The highest BCUT2D eigenvalue weighted by atomic mass is 32.1. The number of hydrogen-bond acceptors (Lipinski definition) is 4. The van der Waals surface area contributed by atoms with E-state index in [0.29, 0.717) is 11.1 Å². The average Bonchev–Trinajstić information content (AvgIpc) is 3.08. The van der Waals surface area contributed by atoms with Crippen LogP contribution in [0, 0.1) is 0 Å². The Balaban J connectivity index is 1.72. The second-order valence-electron chi connectivity index (χ2n) is 6.23. The van der Waals surface area contributed by atoms with Gasteiger partial charge in [-0.05, 0) is 55.0 Å². The zero-order chi connectivity index (χ0) is 20.1. The molecule has 142 valence electrons. The van der Waals surface area contributed by atoms with Crippen LogP contribution in [-0.2, 0) is 6.18 Å². The summed E-state index contributed by atoms with van der Waals surface area (Å²) in [6.45, 7) is 1.47. The monoisotopic (exact) mass is 403 g/mol. The normalized spacial score (nSPS) is 13.1. The number of ketones is 1. The third kappa shape index (κ3) is 3.27. The first-order valence-corrected chi connectivity index (χ1v) is 9.05. The molecule has 0 aliphatic carbocycles. The highest BCUT2D eigenvalue weighted by molar-refractivity contribution is 7.13. The minimum absolute atomic E-state index is 0.0486. The van der Waals surface area contributed by atoms with Crippen molar-refractivity contribution in [2.24, 2.45) is 0 Å². The number of fused-ring (bicyclic) bond motifs is 2. The second kappa shape index (κ2) is 6.49. The minimum atomic E-state index is -4.53. The molecule has 0 fully saturated rings. The first-order chi connectivity index (χ1) is 13.2. The van der Waals surface area contributed by atoms with Gasteiger partial charge in [-0.2, -0.15) is 13.2 Å². The van der Waals surface area contributed by atoms with E-state index in [1.165, 1.54) is 24.3 Å². The smallest absolute Gasteiger partial charge is 0.416 e. The Hall–Kier alpha value is -3.13. The van der Waals surface area contributed by atoms with E-state index < -0.39 is 17.6 Å². The van der Waals surface area contributed by atoms with Crippen molar-refractivity contribution in [1.29, 1.82) is 0 Å². The highest BCUT2D eigenvalue weighted by Gasteiger charge is 2.32. The Bertz CT molecular complexity index is 1120. The summed E-state index contributed by atoms with van der Waals surface area (Å²) in [4.78, 5) is 24.9. The molecular weight excluding hydrogens is 391 g/mol. The molecule has 4 rings (SSSR count). The molecule has 0 unspecified atom stereocenters. The molecule has 0 radical (unpaired) electrons. The first kappa shape index (κ1) is 18.2. The molecule has 8 heteroatoms. The SMILES string of the molecule is CC(=O)c1csc(-c2ccc3c(c2)C(=O)Nc2cc(C(F)(F)F)ccc2O3)c1. The van der Waals surface area contributed by atoms with E-state index in [9.17, 15) is 22.8 Å². The van der Waals surface area contributed by atoms with Crippen LogP contribution in [0.5, 0.6) is 11.5 Å². The van der Waals surface area contributed by atoms with Gasteiger partial charge in [0.2, 0.25) is 0 Å². The van der Waals surface area contributed by atoms with Crippen molar-refractivity contribution in [2.75, 3.05) is 5.32 Å². The molecule has 0 saturated heterocycles. The predicted octanol–water partition coefficient (Wildman–Crippen LogP) is 5.99. The Morgan fingerprint density at radius 1 is 1.07 bits per heavy atom. The van der Waals surface area contributed by atoms with Gasteiger partial charge in [0.05, 0.1) is 16.8 Å². The maximum Gasteiger partial charge on any atom is 0.416 e. The number of Topliss-reactive ketones (excluding diaryl/α,β-unsaturated/α-hetero) is 1. The molecule has 1 aliphatic rings. The van der Waals surface area contributed by atoms with Gasteiger partial charge in [-0.25, -0.2) is 0 Å². The van der Waals surface area contributed by atoms with Crippen LogP contribution in [0.25, 0.3) is 10.4 Å². The molecule has 1 aliphatic heterocycles. The zero-order valence-corrected chi connectivity index (χ0v) is 15.2. The van der Waals surface area contributed by atoms with Gasteiger partial charge in [0.15, 0.2) is 11.5 Å². The van der Waals surface area contributed by atoms with Gasteiger partial charge in [0, 0.05) is 15.8 Å². The summed E-state index contributed by atoms with van der Waals surface area (Å²) >= 11 is 1.36. The molecule has 1 aromatic heterocycles. The maximum atomic E-state index is 12.9. The average molecular weight is 403 g/mol. The van der Waals surface area contributed by atoms with Crippen molar-refractivity contribution < 1.29 is 27.5 Å². The fraction of sp³-hybridized carbons (Fsp3) is 0.100. The van der Waals surface area contributed by atoms with E-state index in [0.717, 1.165) is 17.0 Å². The molecule has 0 spiro atoms.